The molecule has 1 rings (SSSR count). The van der Waals surface area contributed by atoms with Crippen molar-refractivity contribution in [3.8, 4) is 0 Å². The normalized spacial score (nSPS) is 17.6. The number of aliphatic imine (C=N–C) groups is 1. The van der Waals surface area contributed by atoms with E-state index in [-0.39, 0.29) is 42.4 Å². The summed E-state index contributed by atoms with van der Waals surface area (Å²) in [6.45, 7) is 7.70. The number of guanidine groups is 1. The molecule has 1 aliphatic rings. The van der Waals surface area contributed by atoms with Crippen molar-refractivity contribution in [2.75, 3.05) is 45.6 Å². The maximum Gasteiger partial charge on any atom is 0.407 e. The van der Waals surface area contributed by atoms with E-state index in [4.69, 9.17) is 9.47 Å². The lowest BCUT2D eigenvalue weighted by atomic mass is 10.1. The summed E-state index contributed by atoms with van der Waals surface area (Å²) in [5.41, 5.74) is -0.521. The molecule has 0 aromatic heterocycles. The molecule has 0 aliphatic carbocycles. The first-order chi connectivity index (χ1) is 13.6. The van der Waals surface area contributed by atoms with Crippen molar-refractivity contribution < 1.29 is 22.7 Å². The maximum atomic E-state index is 12.1. The number of rotatable bonds is 10. The number of nitrogens with zero attached hydrogens (tertiary/aromatic N) is 1. The Morgan fingerprint density at radius 2 is 1.80 bits per heavy atom. The molecule has 0 aromatic carbocycles. The van der Waals surface area contributed by atoms with Crippen LogP contribution >= 0.6 is 24.0 Å². The molecular formula is C18H38IN5O5S. The maximum absolute atomic E-state index is 12.1. The number of carbonyl (C=O) groups is 1. The van der Waals surface area contributed by atoms with Gasteiger partial charge in [-0.3, -0.25) is 4.99 Å². The summed E-state index contributed by atoms with van der Waals surface area (Å²) >= 11 is 0. The van der Waals surface area contributed by atoms with Crippen LogP contribution in [0.1, 0.15) is 46.5 Å². The SMILES string of the molecule is CN=C(NCCCNC(=O)OC(C)(C)C)NCCS(=O)(=O)NCC1CCCCO1.I. The minimum Gasteiger partial charge on any atom is -0.444 e. The van der Waals surface area contributed by atoms with Crippen molar-refractivity contribution in [2.24, 2.45) is 4.99 Å². The van der Waals surface area contributed by atoms with Crippen LogP contribution < -0.4 is 20.7 Å². The van der Waals surface area contributed by atoms with Crippen LogP contribution in [-0.2, 0) is 19.5 Å². The molecule has 1 aliphatic heterocycles. The lowest BCUT2D eigenvalue weighted by Gasteiger charge is -2.22. The van der Waals surface area contributed by atoms with Crippen LogP contribution in [0.5, 0.6) is 0 Å². The third kappa shape index (κ3) is 15.0. The van der Waals surface area contributed by atoms with Crippen molar-refractivity contribution in [1.82, 2.24) is 20.7 Å². The van der Waals surface area contributed by atoms with E-state index < -0.39 is 21.7 Å². The molecule has 1 fully saturated rings. The first kappa shape index (κ1) is 29.1. The highest BCUT2D eigenvalue weighted by molar-refractivity contribution is 14.0. The zero-order valence-corrected chi connectivity index (χ0v) is 21.6. The number of nitrogens with one attached hydrogen (secondary N) is 4. The highest BCUT2D eigenvalue weighted by Gasteiger charge is 2.18. The predicted octanol–water partition coefficient (Wildman–Crippen LogP) is 1.17. The molecule has 0 radical (unpaired) electrons. The number of halogens is 1. The van der Waals surface area contributed by atoms with E-state index in [0.29, 0.717) is 38.6 Å². The molecular weight excluding hydrogens is 525 g/mol. The molecule has 0 bridgehead atoms. The summed E-state index contributed by atoms with van der Waals surface area (Å²) in [6.07, 6.45) is 3.19. The third-order valence-electron chi connectivity index (χ3n) is 4.01. The fourth-order valence-electron chi connectivity index (χ4n) is 2.58. The van der Waals surface area contributed by atoms with Crippen LogP contribution in [0.3, 0.4) is 0 Å². The quantitative estimate of drug-likeness (QED) is 0.136. The Morgan fingerprint density at radius 1 is 1.13 bits per heavy atom. The van der Waals surface area contributed by atoms with Gasteiger partial charge in [-0.1, -0.05) is 0 Å². The number of alkyl carbamates (subject to hydrolysis) is 1. The second-order valence-electron chi connectivity index (χ2n) is 7.86. The van der Waals surface area contributed by atoms with Crippen molar-refractivity contribution in [1.29, 1.82) is 0 Å². The summed E-state index contributed by atoms with van der Waals surface area (Å²) in [5.74, 6) is 0.453. The highest BCUT2D eigenvalue weighted by atomic mass is 127. The Kier molecular flexibility index (Phi) is 14.6. The van der Waals surface area contributed by atoms with Gasteiger partial charge in [0.2, 0.25) is 10.0 Å². The molecule has 1 unspecified atom stereocenters. The molecule has 30 heavy (non-hydrogen) atoms. The Labute approximate surface area is 197 Å². The second kappa shape index (κ2) is 15.0. The van der Waals surface area contributed by atoms with E-state index in [2.05, 4.69) is 25.7 Å². The van der Waals surface area contributed by atoms with E-state index >= 15 is 0 Å². The largest absolute Gasteiger partial charge is 0.444 e. The molecule has 1 saturated heterocycles. The summed E-state index contributed by atoms with van der Waals surface area (Å²) in [5, 5.41) is 8.72. The third-order valence-corrected chi connectivity index (χ3v) is 5.35. The second-order valence-corrected chi connectivity index (χ2v) is 9.79. The Hall–Kier alpha value is -0.860. The highest BCUT2D eigenvalue weighted by Crippen LogP contribution is 2.11. The standard InChI is InChI=1S/C18H37N5O5S.HI/c1-18(2,3)28-17(24)22-10-7-9-20-16(19-4)21-11-13-29(25,26)23-14-15-8-5-6-12-27-15;/h15,23H,5-14H2,1-4H3,(H,22,24)(H2,19,20,21);1H. The van der Waals surface area contributed by atoms with Crippen molar-refractivity contribution in [3.63, 3.8) is 0 Å². The van der Waals surface area contributed by atoms with Gasteiger partial charge in [0.1, 0.15) is 5.60 Å². The monoisotopic (exact) mass is 563 g/mol. The summed E-state index contributed by atoms with van der Waals surface area (Å²) in [7, 11) is -1.76. The zero-order valence-electron chi connectivity index (χ0n) is 18.5. The number of hydrogen-bond acceptors (Lipinski definition) is 6. The summed E-state index contributed by atoms with van der Waals surface area (Å²) in [6, 6.07) is 0. The minimum absolute atomic E-state index is 0. The topological polar surface area (TPSA) is 130 Å². The summed E-state index contributed by atoms with van der Waals surface area (Å²) < 4.78 is 37.5. The Balaban J connectivity index is 0.00000841. The van der Waals surface area contributed by atoms with Crippen LogP contribution in [0.4, 0.5) is 4.79 Å². The van der Waals surface area contributed by atoms with Crippen molar-refractivity contribution in [3.05, 3.63) is 0 Å². The minimum atomic E-state index is -3.38. The molecule has 1 heterocycles. The average Bonchev–Trinajstić information content (AvgIpc) is 2.64. The summed E-state index contributed by atoms with van der Waals surface area (Å²) in [4.78, 5) is 15.6. The van der Waals surface area contributed by atoms with E-state index in [1.807, 2.05) is 20.8 Å². The molecule has 178 valence electrons. The van der Waals surface area contributed by atoms with Gasteiger partial charge in [-0.25, -0.2) is 17.9 Å². The lowest BCUT2D eigenvalue weighted by molar-refractivity contribution is 0.0200. The first-order valence-electron chi connectivity index (χ1n) is 10.1. The predicted molar refractivity (Wildman–Crippen MR) is 129 cm³/mol. The molecule has 1 amide bonds. The number of amides is 1. The molecule has 4 N–H and O–H groups in total. The molecule has 0 spiro atoms. The van der Waals surface area contributed by atoms with Gasteiger partial charge in [0.05, 0.1) is 11.9 Å². The van der Waals surface area contributed by atoms with Gasteiger partial charge in [0.25, 0.3) is 0 Å². The fourth-order valence-corrected chi connectivity index (χ4v) is 3.54. The molecule has 10 nitrogen and oxygen atoms in total. The number of hydrogen-bond donors (Lipinski definition) is 4. The van der Waals surface area contributed by atoms with Crippen molar-refractivity contribution >= 4 is 46.1 Å². The van der Waals surface area contributed by atoms with E-state index in [9.17, 15) is 13.2 Å². The van der Waals surface area contributed by atoms with Gasteiger partial charge in [-0.05, 0) is 46.5 Å². The molecule has 12 heteroatoms. The van der Waals surface area contributed by atoms with E-state index in [0.717, 1.165) is 19.3 Å². The van der Waals surface area contributed by atoms with E-state index in [1.165, 1.54) is 0 Å². The first-order valence-corrected chi connectivity index (χ1v) is 11.8. The van der Waals surface area contributed by atoms with E-state index in [1.54, 1.807) is 7.05 Å². The zero-order chi connectivity index (χ0) is 21.8. The van der Waals surface area contributed by atoms with Crippen molar-refractivity contribution in [2.45, 2.75) is 58.2 Å². The molecule has 1 atom stereocenters. The van der Waals surface area contributed by atoms with Gasteiger partial charge in [0.15, 0.2) is 5.96 Å². The van der Waals surface area contributed by atoms with Crippen LogP contribution in [0.15, 0.2) is 4.99 Å². The number of carbonyl (C=O) groups excluding carboxylic acids is 1. The average molecular weight is 564 g/mol. The smallest absolute Gasteiger partial charge is 0.407 e. The number of ether oxygens (including phenoxy) is 2. The molecule has 0 saturated carbocycles. The fraction of sp³-hybridized carbons (Fsp3) is 0.889. The van der Waals surface area contributed by atoms with Crippen LogP contribution in [-0.4, -0.2) is 77.8 Å². The Bertz CT molecular complexity index is 619. The lowest BCUT2D eigenvalue weighted by Crippen LogP contribution is -2.43. The number of sulfonamides is 1. The van der Waals surface area contributed by atoms with Crippen LogP contribution in [0.2, 0.25) is 0 Å². The van der Waals surface area contributed by atoms with Crippen LogP contribution in [0.25, 0.3) is 0 Å². The van der Waals surface area contributed by atoms with Gasteiger partial charge in [0, 0.05) is 39.8 Å². The van der Waals surface area contributed by atoms with Gasteiger partial charge >= 0.3 is 6.09 Å². The van der Waals surface area contributed by atoms with Crippen LogP contribution in [0, 0.1) is 0 Å². The van der Waals surface area contributed by atoms with Gasteiger partial charge < -0.3 is 25.4 Å². The molecule has 0 aromatic rings. The van der Waals surface area contributed by atoms with Gasteiger partial charge in [-0.2, -0.15) is 0 Å². The van der Waals surface area contributed by atoms with Gasteiger partial charge in [-0.15, -0.1) is 24.0 Å². The Morgan fingerprint density at radius 3 is 2.40 bits per heavy atom.